The molecule has 0 saturated carbocycles. The molecule has 0 spiro atoms. The van der Waals surface area contributed by atoms with E-state index in [1.165, 1.54) is 6.33 Å². The number of H-pyrrole nitrogens is 1. The van der Waals surface area contributed by atoms with E-state index in [4.69, 9.17) is 9.47 Å². The van der Waals surface area contributed by atoms with E-state index in [1.54, 1.807) is 16.8 Å². The van der Waals surface area contributed by atoms with E-state index >= 15 is 0 Å². The summed E-state index contributed by atoms with van der Waals surface area (Å²) in [6.07, 6.45) is -0.440. The summed E-state index contributed by atoms with van der Waals surface area (Å²) in [6, 6.07) is 3.65. The van der Waals surface area contributed by atoms with Crippen LogP contribution >= 0.6 is 0 Å². The van der Waals surface area contributed by atoms with Crippen LogP contribution in [-0.4, -0.2) is 53.8 Å². The highest BCUT2D eigenvalue weighted by Crippen LogP contribution is 2.39. The van der Waals surface area contributed by atoms with Crippen LogP contribution in [0.4, 0.5) is 0 Å². The maximum atomic E-state index is 10.5. The van der Waals surface area contributed by atoms with Crippen LogP contribution in [0.3, 0.4) is 0 Å². The fraction of sp³-hybridized carbons (Fsp3) is 0.471. The number of rotatable bonds is 5. The SMILES string of the molecule is CCOCc1cc([C@@H]2O[C@@H](n3ccc4c(C)ncnc43)[C@H](O)[C@@H]2O)[nH]n1. The zero-order valence-electron chi connectivity index (χ0n) is 14.5. The molecule has 0 radical (unpaired) electrons. The average Bonchev–Trinajstić information content (AvgIpc) is 3.33. The van der Waals surface area contributed by atoms with Crippen LogP contribution in [0.1, 0.15) is 36.3 Å². The Hall–Kier alpha value is -2.33. The van der Waals surface area contributed by atoms with E-state index in [2.05, 4.69) is 20.2 Å². The summed E-state index contributed by atoms with van der Waals surface area (Å²) in [5.41, 5.74) is 2.80. The largest absolute Gasteiger partial charge is 0.387 e. The summed E-state index contributed by atoms with van der Waals surface area (Å²) in [7, 11) is 0. The molecule has 1 saturated heterocycles. The van der Waals surface area contributed by atoms with Crippen LogP contribution in [0, 0.1) is 6.92 Å². The molecule has 1 aliphatic rings. The lowest BCUT2D eigenvalue weighted by molar-refractivity contribution is -0.0367. The second-order valence-electron chi connectivity index (χ2n) is 6.30. The first-order chi connectivity index (χ1) is 12.6. The van der Waals surface area contributed by atoms with Gasteiger partial charge in [-0.25, -0.2) is 9.97 Å². The lowest BCUT2D eigenvalue weighted by Gasteiger charge is -2.17. The van der Waals surface area contributed by atoms with Crippen molar-refractivity contribution in [3.8, 4) is 0 Å². The minimum atomic E-state index is -1.11. The second-order valence-corrected chi connectivity index (χ2v) is 6.30. The summed E-state index contributed by atoms with van der Waals surface area (Å²) < 4.78 is 13.0. The summed E-state index contributed by atoms with van der Waals surface area (Å²) in [5.74, 6) is 0. The lowest BCUT2D eigenvalue weighted by Crippen LogP contribution is -2.29. The molecule has 4 atom stereocenters. The van der Waals surface area contributed by atoms with Gasteiger partial charge >= 0.3 is 0 Å². The first-order valence-corrected chi connectivity index (χ1v) is 8.51. The number of nitrogens with one attached hydrogen (secondary N) is 1. The Kier molecular flexibility index (Phi) is 4.45. The van der Waals surface area contributed by atoms with Gasteiger partial charge in [0, 0.05) is 18.2 Å². The summed E-state index contributed by atoms with van der Waals surface area (Å²) in [5, 5.41) is 28.9. The number of nitrogens with zero attached hydrogens (tertiary/aromatic N) is 4. The van der Waals surface area contributed by atoms with Gasteiger partial charge in [0.25, 0.3) is 0 Å². The topological polar surface area (TPSA) is 118 Å². The Morgan fingerprint density at radius 3 is 2.96 bits per heavy atom. The number of aliphatic hydroxyl groups is 2. The quantitative estimate of drug-likeness (QED) is 0.622. The van der Waals surface area contributed by atoms with Gasteiger partial charge in [0.15, 0.2) is 6.23 Å². The molecule has 0 amide bonds. The number of aryl methyl sites for hydroxylation is 1. The van der Waals surface area contributed by atoms with Crippen LogP contribution in [-0.2, 0) is 16.1 Å². The molecule has 0 aliphatic carbocycles. The van der Waals surface area contributed by atoms with Crippen LogP contribution in [0.15, 0.2) is 24.7 Å². The highest BCUT2D eigenvalue weighted by Gasteiger charge is 2.45. The number of aromatic amines is 1. The number of aromatic nitrogens is 5. The number of aliphatic hydroxyl groups excluding tert-OH is 2. The van der Waals surface area contributed by atoms with Crippen molar-refractivity contribution in [2.75, 3.05) is 6.61 Å². The van der Waals surface area contributed by atoms with Gasteiger partial charge < -0.3 is 24.3 Å². The first-order valence-electron chi connectivity index (χ1n) is 8.51. The van der Waals surface area contributed by atoms with Gasteiger partial charge in [-0.3, -0.25) is 5.10 Å². The van der Waals surface area contributed by atoms with Crippen molar-refractivity contribution in [2.24, 2.45) is 0 Å². The maximum Gasteiger partial charge on any atom is 0.164 e. The third-order valence-electron chi connectivity index (χ3n) is 4.63. The molecule has 4 rings (SSSR count). The van der Waals surface area contributed by atoms with E-state index in [1.807, 2.05) is 19.9 Å². The smallest absolute Gasteiger partial charge is 0.164 e. The molecule has 26 heavy (non-hydrogen) atoms. The van der Waals surface area contributed by atoms with E-state index in [0.29, 0.717) is 30.2 Å². The molecule has 3 aromatic rings. The Balaban J connectivity index is 1.61. The van der Waals surface area contributed by atoms with Gasteiger partial charge in [0.1, 0.15) is 30.3 Å². The molecule has 9 nitrogen and oxygen atoms in total. The average molecular weight is 359 g/mol. The third kappa shape index (κ3) is 2.78. The van der Waals surface area contributed by atoms with Crippen molar-refractivity contribution in [1.29, 1.82) is 0 Å². The molecular formula is C17H21N5O4. The Morgan fingerprint density at radius 2 is 2.15 bits per heavy atom. The fourth-order valence-electron chi connectivity index (χ4n) is 3.26. The van der Waals surface area contributed by atoms with Gasteiger partial charge in [-0.2, -0.15) is 5.10 Å². The van der Waals surface area contributed by atoms with Crippen molar-refractivity contribution < 1.29 is 19.7 Å². The monoisotopic (exact) mass is 359 g/mol. The van der Waals surface area contributed by atoms with Gasteiger partial charge in [0.2, 0.25) is 0 Å². The summed E-state index contributed by atoms with van der Waals surface area (Å²) >= 11 is 0. The third-order valence-corrected chi connectivity index (χ3v) is 4.63. The highest BCUT2D eigenvalue weighted by molar-refractivity contribution is 5.78. The van der Waals surface area contributed by atoms with E-state index in [9.17, 15) is 10.2 Å². The number of hydrogen-bond acceptors (Lipinski definition) is 7. The minimum Gasteiger partial charge on any atom is -0.387 e. The second kappa shape index (κ2) is 6.76. The van der Waals surface area contributed by atoms with Gasteiger partial charge in [-0.1, -0.05) is 0 Å². The normalized spacial score (nSPS) is 26.0. The van der Waals surface area contributed by atoms with E-state index in [-0.39, 0.29) is 0 Å². The van der Waals surface area contributed by atoms with E-state index in [0.717, 1.165) is 11.1 Å². The Morgan fingerprint density at radius 1 is 1.31 bits per heavy atom. The maximum absolute atomic E-state index is 10.5. The molecular weight excluding hydrogens is 338 g/mol. The van der Waals surface area contributed by atoms with Crippen LogP contribution in [0.5, 0.6) is 0 Å². The van der Waals surface area contributed by atoms with Crippen molar-refractivity contribution >= 4 is 11.0 Å². The minimum absolute atomic E-state index is 0.375. The molecule has 1 fully saturated rings. The van der Waals surface area contributed by atoms with Crippen molar-refractivity contribution in [3.63, 3.8) is 0 Å². The van der Waals surface area contributed by atoms with Crippen molar-refractivity contribution in [3.05, 3.63) is 41.7 Å². The molecule has 9 heteroatoms. The molecule has 3 N–H and O–H groups in total. The zero-order valence-corrected chi connectivity index (χ0v) is 14.5. The van der Waals surface area contributed by atoms with Crippen molar-refractivity contribution in [1.82, 2.24) is 24.7 Å². The lowest BCUT2D eigenvalue weighted by atomic mass is 10.1. The number of fused-ring (bicyclic) bond motifs is 1. The molecule has 4 heterocycles. The fourth-order valence-corrected chi connectivity index (χ4v) is 3.26. The van der Waals surface area contributed by atoms with Crippen molar-refractivity contribution in [2.45, 2.75) is 45.0 Å². The van der Waals surface area contributed by atoms with Gasteiger partial charge in [0.05, 0.1) is 23.7 Å². The summed E-state index contributed by atoms with van der Waals surface area (Å²) in [6.45, 7) is 4.77. The molecule has 3 aromatic heterocycles. The highest BCUT2D eigenvalue weighted by atomic mass is 16.6. The Bertz CT molecular complexity index is 908. The molecule has 0 unspecified atom stereocenters. The van der Waals surface area contributed by atoms with Crippen LogP contribution in [0.25, 0.3) is 11.0 Å². The zero-order chi connectivity index (χ0) is 18.3. The molecule has 0 bridgehead atoms. The number of hydrogen-bond donors (Lipinski definition) is 3. The molecule has 138 valence electrons. The van der Waals surface area contributed by atoms with Gasteiger partial charge in [-0.15, -0.1) is 0 Å². The Labute approximate surface area is 149 Å². The number of ether oxygens (including phenoxy) is 2. The predicted octanol–water partition coefficient (Wildman–Crippen LogP) is 0.991. The molecule has 0 aromatic carbocycles. The van der Waals surface area contributed by atoms with E-state index < -0.39 is 24.5 Å². The van der Waals surface area contributed by atoms with Crippen LogP contribution < -0.4 is 0 Å². The standard InChI is InChI=1S/C17H21N5O4/c1-3-25-7-10-6-12(21-20-10)15-13(23)14(24)17(26-15)22-5-4-11-9(2)18-8-19-16(11)22/h4-6,8,13-15,17,23-24H,3,7H2,1-2H3,(H,20,21)/t13-,14+,15-,17+/m0/s1. The summed E-state index contributed by atoms with van der Waals surface area (Å²) in [4.78, 5) is 8.45. The predicted molar refractivity (Wildman–Crippen MR) is 91.1 cm³/mol. The van der Waals surface area contributed by atoms with Crippen LogP contribution in [0.2, 0.25) is 0 Å². The van der Waals surface area contributed by atoms with Gasteiger partial charge in [-0.05, 0) is 26.0 Å². The molecule has 1 aliphatic heterocycles. The first kappa shape index (κ1) is 17.1.